The van der Waals surface area contributed by atoms with E-state index in [1.54, 1.807) is 18.5 Å². The molecule has 0 aliphatic carbocycles. The van der Waals surface area contributed by atoms with E-state index in [2.05, 4.69) is 14.7 Å². The third-order valence-corrected chi connectivity index (χ3v) is 3.90. The average Bonchev–Trinajstić information content (AvgIpc) is 3.08. The number of rotatable bonds is 3. The molecule has 6 nitrogen and oxygen atoms in total. The molecule has 0 saturated heterocycles. The SMILES string of the molecule is O=c1c2cncn2c2cc(OC(F)(F)F)ccc2n1Cc1cccnc1. The van der Waals surface area contributed by atoms with Crippen LogP contribution < -0.4 is 10.3 Å². The molecule has 0 N–H and O–H groups in total. The van der Waals surface area contributed by atoms with Crippen molar-refractivity contribution in [3.63, 3.8) is 0 Å². The van der Waals surface area contributed by atoms with Gasteiger partial charge >= 0.3 is 6.36 Å². The van der Waals surface area contributed by atoms with Gasteiger partial charge in [0.1, 0.15) is 11.3 Å². The maximum atomic E-state index is 12.8. The molecule has 0 aliphatic rings. The summed E-state index contributed by atoms with van der Waals surface area (Å²) in [6.07, 6.45) is 1.20. The third kappa shape index (κ3) is 2.87. The number of hydrogen-bond acceptors (Lipinski definition) is 4. The highest BCUT2D eigenvalue weighted by Gasteiger charge is 2.31. The van der Waals surface area contributed by atoms with Gasteiger partial charge in [-0.3, -0.25) is 14.2 Å². The zero-order valence-electron chi connectivity index (χ0n) is 13.1. The quantitative estimate of drug-likeness (QED) is 0.564. The van der Waals surface area contributed by atoms with Gasteiger partial charge in [0, 0.05) is 18.5 Å². The maximum Gasteiger partial charge on any atom is 0.573 e. The minimum Gasteiger partial charge on any atom is -0.406 e. The van der Waals surface area contributed by atoms with E-state index < -0.39 is 6.36 Å². The normalized spacial score (nSPS) is 12.0. The predicted octanol–water partition coefficient (Wildman–Crippen LogP) is 2.99. The van der Waals surface area contributed by atoms with Crippen LogP contribution in [-0.4, -0.2) is 25.3 Å². The largest absolute Gasteiger partial charge is 0.573 e. The van der Waals surface area contributed by atoms with Gasteiger partial charge < -0.3 is 9.30 Å². The van der Waals surface area contributed by atoms with Gasteiger partial charge in [-0.1, -0.05) is 6.07 Å². The highest BCUT2D eigenvalue weighted by atomic mass is 19.4. The van der Waals surface area contributed by atoms with Crippen molar-refractivity contribution in [3.05, 3.63) is 71.2 Å². The molecular formula is C17H11F3N4O2. The first-order valence-corrected chi connectivity index (χ1v) is 7.56. The summed E-state index contributed by atoms with van der Waals surface area (Å²) in [7, 11) is 0. The second kappa shape index (κ2) is 5.87. The van der Waals surface area contributed by atoms with Gasteiger partial charge in [0.05, 0.1) is 30.1 Å². The summed E-state index contributed by atoms with van der Waals surface area (Å²) in [5, 5.41) is 0. The summed E-state index contributed by atoms with van der Waals surface area (Å²) in [6.45, 7) is 0.227. The van der Waals surface area contributed by atoms with Crippen LogP contribution in [-0.2, 0) is 6.54 Å². The maximum absolute atomic E-state index is 12.8. The number of nitrogens with zero attached hydrogens (tertiary/aromatic N) is 4. The van der Waals surface area contributed by atoms with E-state index in [9.17, 15) is 18.0 Å². The number of aromatic nitrogens is 4. The van der Waals surface area contributed by atoms with Crippen molar-refractivity contribution in [2.75, 3.05) is 0 Å². The van der Waals surface area contributed by atoms with Crippen molar-refractivity contribution in [2.45, 2.75) is 12.9 Å². The van der Waals surface area contributed by atoms with Crippen LogP contribution in [0.4, 0.5) is 13.2 Å². The molecule has 26 heavy (non-hydrogen) atoms. The highest BCUT2D eigenvalue weighted by Crippen LogP contribution is 2.26. The molecule has 132 valence electrons. The van der Waals surface area contributed by atoms with Crippen LogP contribution in [0.5, 0.6) is 5.75 Å². The lowest BCUT2D eigenvalue weighted by Crippen LogP contribution is -2.23. The number of pyridine rings is 1. The minimum absolute atomic E-state index is 0.227. The zero-order valence-corrected chi connectivity index (χ0v) is 13.1. The number of hydrogen-bond donors (Lipinski definition) is 0. The van der Waals surface area contributed by atoms with Crippen molar-refractivity contribution >= 4 is 16.6 Å². The Bertz CT molecular complexity index is 1150. The Labute approximate surface area is 144 Å². The zero-order chi connectivity index (χ0) is 18.3. The lowest BCUT2D eigenvalue weighted by atomic mass is 10.2. The van der Waals surface area contributed by atoms with E-state index in [4.69, 9.17) is 0 Å². The molecule has 4 rings (SSSR count). The van der Waals surface area contributed by atoms with Crippen molar-refractivity contribution in [1.29, 1.82) is 0 Å². The topological polar surface area (TPSA) is 61.4 Å². The Kier molecular flexibility index (Phi) is 3.64. The summed E-state index contributed by atoms with van der Waals surface area (Å²) < 4.78 is 44.5. The van der Waals surface area contributed by atoms with Gasteiger partial charge in [0.25, 0.3) is 5.56 Å². The average molecular weight is 360 g/mol. The van der Waals surface area contributed by atoms with Gasteiger partial charge in [0.2, 0.25) is 0 Å². The molecule has 0 radical (unpaired) electrons. The van der Waals surface area contributed by atoms with E-state index in [1.807, 2.05) is 6.07 Å². The van der Waals surface area contributed by atoms with Gasteiger partial charge in [-0.2, -0.15) is 0 Å². The molecule has 3 heterocycles. The fourth-order valence-electron chi connectivity index (χ4n) is 2.85. The molecule has 0 unspecified atom stereocenters. The van der Waals surface area contributed by atoms with Crippen LogP contribution in [0, 0.1) is 0 Å². The Morgan fingerprint density at radius 3 is 2.62 bits per heavy atom. The molecule has 9 heteroatoms. The summed E-state index contributed by atoms with van der Waals surface area (Å²) >= 11 is 0. The van der Waals surface area contributed by atoms with Crippen LogP contribution in [0.3, 0.4) is 0 Å². The molecule has 0 atom stereocenters. The second-order valence-electron chi connectivity index (χ2n) is 5.60. The highest BCUT2D eigenvalue weighted by molar-refractivity contribution is 5.80. The predicted molar refractivity (Wildman–Crippen MR) is 87.0 cm³/mol. The number of fused-ring (bicyclic) bond motifs is 3. The number of benzene rings is 1. The summed E-state index contributed by atoms with van der Waals surface area (Å²) in [6, 6.07) is 7.39. The summed E-state index contributed by atoms with van der Waals surface area (Å²) in [5.74, 6) is -0.369. The first-order valence-electron chi connectivity index (χ1n) is 7.56. The fourth-order valence-corrected chi connectivity index (χ4v) is 2.85. The molecule has 1 aromatic carbocycles. The lowest BCUT2D eigenvalue weighted by Gasteiger charge is -2.14. The van der Waals surface area contributed by atoms with Crippen LogP contribution in [0.2, 0.25) is 0 Å². The second-order valence-corrected chi connectivity index (χ2v) is 5.60. The smallest absolute Gasteiger partial charge is 0.406 e. The molecule has 0 saturated carbocycles. The Morgan fingerprint density at radius 2 is 1.88 bits per heavy atom. The van der Waals surface area contributed by atoms with Crippen LogP contribution in [0.15, 0.2) is 60.0 Å². The number of imidazole rings is 1. The standard InChI is InChI=1S/C17H11F3N4O2/c18-17(19,20)26-12-3-4-13-14(6-12)24-10-22-8-15(24)16(25)23(13)9-11-2-1-5-21-7-11/h1-8,10H,9H2. The monoisotopic (exact) mass is 360 g/mol. The summed E-state index contributed by atoms with van der Waals surface area (Å²) in [5.41, 5.74) is 1.57. The number of alkyl halides is 3. The molecule has 0 aliphatic heterocycles. The van der Waals surface area contributed by atoms with Crippen molar-refractivity contribution in [1.82, 2.24) is 18.9 Å². The van der Waals surface area contributed by atoms with E-state index in [0.29, 0.717) is 11.0 Å². The Morgan fingerprint density at radius 1 is 1.04 bits per heavy atom. The van der Waals surface area contributed by atoms with E-state index in [1.165, 1.54) is 39.7 Å². The van der Waals surface area contributed by atoms with Gasteiger partial charge in [-0.15, -0.1) is 13.2 Å². The first-order chi connectivity index (χ1) is 12.4. The van der Waals surface area contributed by atoms with Crippen molar-refractivity contribution in [3.8, 4) is 5.75 Å². The first kappa shape index (κ1) is 16.1. The Hall–Kier alpha value is -3.36. The molecule has 4 aromatic rings. The van der Waals surface area contributed by atoms with E-state index >= 15 is 0 Å². The molecule has 0 spiro atoms. The number of ether oxygens (including phenoxy) is 1. The number of halogens is 3. The minimum atomic E-state index is -4.80. The van der Waals surface area contributed by atoms with Gasteiger partial charge in [-0.25, -0.2) is 4.98 Å². The third-order valence-electron chi connectivity index (χ3n) is 3.90. The fraction of sp³-hybridized carbons (Fsp3) is 0.118. The van der Waals surface area contributed by atoms with Crippen LogP contribution in [0.25, 0.3) is 16.6 Å². The van der Waals surface area contributed by atoms with Crippen LogP contribution >= 0.6 is 0 Å². The molecule has 3 aromatic heterocycles. The van der Waals surface area contributed by atoms with Gasteiger partial charge in [-0.05, 0) is 23.8 Å². The van der Waals surface area contributed by atoms with Crippen molar-refractivity contribution in [2.24, 2.45) is 0 Å². The van der Waals surface area contributed by atoms with Crippen molar-refractivity contribution < 1.29 is 17.9 Å². The van der Waals surface area contributed by atoms with E-state index in [-0.39, 0.29) is 23.4 Å². The van der Waals surface area contributed by atoms with Gasteiger partial charge in [0.15, 0.2) is 0 Å². The molecule has 0 fully saturated rings. The Balaban J connectivity index is 1.95. The molecule has 0 bridgehead atoms. The lowest BCUT2D eigenvalue weighted by molar-refractivity contribution is -0.274. The van der Waals surface area contributed by atoms with Crippen LogP contribution in [0.1, 0.15) is 5.56 Å². The molecular weight excluding hydrogens is 349 g/mol. The summed E-state index contributed by atoms with van der Waals surface area (Å²) in [4.78, 5) is 20.8. The molecule has 0 amide bonds. The van der Waals surface area contributed by atoms with E-state index in [0.717, 1.165) is 5.56 Å².